The van der Waals surface area contributed by atoms with E-state index in [1.807, 2.05) is 5.32 Å². The van der Waals surface area contributed by atoms with Crippen molar-refractivity contribution in [2.24, 2.45) is 0 Å². The van der Waals surface area contributed by atoms with Gasteiger partial charge < -0.3 is 14.8 Å². The van der Waals surface area contributed by atoms with Crippen molar-refractivity contribution in [3.05, 3.63) is 12.7 Å². The van der Waals surface area contributed by atoms with Crippen molar-refractivity contribution in [3.8, 4) is 0 Å². The standard InChI is InChI=1S/C11H18N2O5/c1-4-6-17-8(3)10(15)18-7-9(14)13-11(16)12-5-2/h4,8H,1,5-7H2,2-3H3,(H2,12,13,14,16). The number of hydrogen-bond donors (Lipinski definition) is 2. The quantitative estimate of drug-likeness (QED) is 0.494. The highest BCUT2D eigenvalue weighted by Gasteiger charge is 2.16. The lowest BCUT2D eigenvalue weighted by molar-refractivity contribution is -0.158. The van der Waals surface area contributed by atoms with Gasteiger partial charge in [0.05, 0.1) is 6.61 Å². The van der Waals surface area contributed by atoms with Crippen molar-refractivity contribution < 1.29 is 23.9 Å². The van der Waals surface area contributed by atoms with Crippen LogP contribution in [0.5, 0.6) is 0 Å². The van der Waals surface area contributed by atoms with Gasteiger partial charge in [-0.25, -0.2) is 9.59 Å². The van der Waals surface area contributed by atoms with E-state index in [9.17, 15) is 14.4 Å². The van der Waals surface area contributed by atoms with E-state index in [0.717, 1.165) is 0 Å². The van der Waals surface area contributed by atoms with Gasteiger partial charge in [-0.1, -0.05) is 6.08 Å². The van der Waals surface area contributed by atoms with Gasteiger partial charge in [-0.05, 0) is 13.8 Å². The number of carbonyl (C=O) groups is 3. The van der Waals surface area contributed by atoms with Crippen LogP contribution in [0.3, 0.4) is 0 Å². The van der Waals surface area contributed by atoms with Crippen molar-refractivity contribution >= 4 is 17.9 Å². The fourth-order valence-corrected chi connectivity index (χ4v) is 0.902. The highest BCUT2D eigenvalue weighted by molar-refractivity contribution is 5.95. The molecule has 0 aliphatic heterocycles. The third-order valence-electron chi connectivity index (χ3n) is 1.73. The van der Waals surface area contributed by atoms with Crippen molar-refractivity contribution in [1.29, 1.82) is 0 Å². The molecule has 0 aliphatic rings. The van der Waals surface area contributed by atoms with Crippen LogP contribution in [0.2, 0.25) is 0 Å². The molecule has 0 radical (unpaired) electrons. The Balaban J connectivity index is 3.87. The van der Waals surface area contributed by atoms with Gasteiger partial charge in [-0.3, -0.25) is 10.1 Å². The van der Waals surface area contributed by atoms with Crippen LogP contribution in [-0.4, -0.2) is 43.8 Å². The molecule has 0 aromatic carbocycles. The van der Waals surface area contributed by atoms with Crippen LogP contribution in [0.1, 0.15) is 13.8 Å². The highest BCUT2D eigenvalue weighted by atomic mass is 16.6. The maximum Gasteiger partial charge on any atom is 0.335 e. The van der Waals surface area contributed by atoms with Crippen molar-refractivity contribution in [2.75, 3.05) is 19.8 Å². The zero-order valence-electron chi connectivity index (χ0n) is 10.5. The summed E-state index contributed by atoms with van der Waals surface area (Å²) in [7, 11) is 0. The van der Waals surface area contributed by atoms with Crippen LogP contribution in [0.15, 0.2) is 12.7 Å². The van der Waals surface area contributed by atoms with E-state index >= 15 is 0 Å². The highest BCUT2D eigenvalue weighted by Crippen LogP contribution is 1.94. The average molecular weight is 258 g/mol. The lowest BCUT2D eigenvalue weighted by Crippen LogP contribution is -2.41. The summed E-state index contributed by atoms with van der Waals surface area (Å²) >= 11 is 0. The summed E-state index contributed by atoms with van der Waals surface area (Å²) in [5, 5.41) is 4.36. The van der Waals surface area contributed by atoms with Gasteiger partial charge in [0.2, 0.25) is 0 Å². The van der Waals surface area contributed by atoms with Crippen LogP contribution in [0, 0.1) is 0 Å². The summed E-state index contributed by atoms with van der Waals surface area (Å²) in [5.41, 5.74) is 0. The smallest absolute Gasteiger partial charge is 0.335 e. The zero-order valence-corrected chi connectivity index (χ0v) is 10.5. The molecule has 18 heavy (non-hydrogen) atoms. The summed E-state index contributed by atoms with van der Waals surface area (Å²) in [5.74, 6) is -1.38. The van der Waals surface area contributed by atoms with Gasteiger partial charge in [-0.2, -0.15) is 0 Å². The van der Waals surface area contributed by atoms with Gasteiger partial charge in [0.25, 0.3) is 5.91 Å². The molecule has 2 N–H and O–H groups in total. The Morgan fingerprint density at radius 1 is 1.39 bits per heavy atom. The SMILES string of the molecule is C=CCOC(C)C(=O)OCC(=O)NC(=O)NCC. The minimum atomic E-state index is -0.791. The van der Waals surface area contributed by atoms with E-state index in [-0.39, 0.29) is 6.61 Å². The first-order chi connectivity index (χ1) is 8.51. The average Bonchev–Trinajstić information content (AvgIpc) is 2.33. The fourth-order valence-electron chi connectivity index (χ4n) is 0.902. The number of rotatable bonds is 7. The molecule has 0 aromatic heterocycles. The Labute approximate surface area is 106 Å². The number of nitrogens with one attached hydrogen (secondary N) is 2. The number of amides is 3. The molecule has 0 saturated heterocycles. The molecule has 0 aliphatic carbocycles. The third-order valence-corrected chi connectivity index (χ3v) is 1.73. The molecule has 0 aromatic rings. The predicted octanol–water partition coefficient (Wildman–Crippen LogP) is -0.0336. The molecular formula is C11H18N2O5. The van der Waals surface area contributed by atoms with Gasteiger partial charge in [-0.15, -0.1) is 6.58 Å². The monoisotopic (exact) mass is 258 g/mol. The topological polar surface area (TPSA) is 93.7 Å². The number of imide groups is 1. The maximum atomic E-state index is 11.3. The Bertz CT molecular complexity index is 317. The molecule has 0 fully saturated rings. The molecule has 0 rings (SSSR count). The van der Waals surface area contributed by atoms with Gasteiger partial charge >= 0.3 is 12.0 Å². The Hall–Kier alpha value is -1.89. The van der Waals surface area contributed by atoms with Crippen molar-refractivity contribution in [3.63, 3.8) is 0 Å². The molecule has 3 amide bonds. The Morgan fingerprint density at radius 2 is 2.06 bits per heavy atom. The number of carbonyl (C=O) groups excluding carboxylic acids is 3. The Kier molecular flexibility index (Phi) is 8.21. The lowest BCUT2D eigenvalue weighted by Gasteiger charge is -2.11. The zero-order chi connectivity index (χ0) is 14.0. The van der Waals surface area contributed by atoms with E-state index in [4.69, 9.17) is 4.74 Å². The minimum Gasteiger partial charge on any atom is -0.454 e. The summed E-state index contributed by atoms with van der Waals surface area (Å²) in [6.07, 6.45) is 0.700. The third kappa shape index (κ3) is 7.39. The van der Waals surface area contributed by atoms with E-state index in [2.05, 4.69) is 16.6 Å². The van der Waals surface area contributed by atoms with Crippen molar-refractivity contribution in [1.82, 2.24) is 10.6 Å². The minimum absolute atomic E-state index is 0.210. The van der Waals surface area contributed by atoms with Gasteiger partial charge in [0.1, 0.15) is 0 Å². The second-order valence-electron chi connectivity index (χ2n) is 3.28. The van der Waals surface area contributed by atoms with Gasteiger partial charge in [0.15, 0.2) is 12.7 Å². The summed E-state index contributed by atoms with van der Waals surface area (Å²) < 4.78 is 9.65. The predicted molar refractivity (Wildman–Crippen MR) is 63.8 cm³/mol. The number of hydrogen-bond acceptors (Lipinski definition) is 5. The van der Waals surface area contributed by atoms with E-state index < -0.39 is 30.6 Å². The summed E-state index contributed by atoms with van der Waals surface area (Å²) in [4.78, 5) is 33.4. The van der Waals surface area contributed by atoms with E-state index in [1.165, 1.54) is 13.0 Å². The fraction of sp³-hybridized carbons (Fsp3) is 0.545. The van der Waals surface area contributed by atoms with Crippen molar-refractivity contribution in [2.45, 2.75) is 20.0 Å². The first kappa shape index (κ1) is 16.1. The number of ether oxygens (including phenoxy) is 2. The molecule has 0 heterocycles. The molecule has 7 nitrogen and oxygen atoms in total. The molecule has 1 unspecified atom stereocenters. The molecule has 7 heteroatoms. The van der Waals surface area contributed by atoms with Crippen LogP contribution in [0.4, 0.5) is 4.79 Å². The first-order valence-electron chi connectivity index (χ1n) is 5.48. The van der Waals surface area contributed by atoms with Crippen LogP contribution in [-0.2, 0) is 19.1 Å². The molecule has 102 valence electrons. The molecule has 0 spiro atoms. The molecule has 0 saturated carbocycles. The number of esters is 1. The molecular weight excluding hydrogens is 240 g/mol. The maximum absolute atomic E-state index is 11.3. The number of urea groups is 1. The molecule has 1 atom stereocenters. The second-order valence-corrected chi connectivity index (χ2v) is 3.28. The lowest BCUT2D eigenvalue weighted by atomic mass is 10.4. The van der Waals surface area contributed by atoms with Gasteiger partial charge in [0, 0.05) is 6.54 Å². The summed E-state index contributed by atoms with van der Waals surface area (Å²) in [6.45, 7) is 6.71. The Morgan fingerprint density at radius 3 is 2.61 bits per heavy atom. The normalized spacial score (nSPS) is 11.2. The van der Waals surface area contributed by atoms with E-state index in [0.29, 0.717) is 6.54 Å². The van der Waals surface area contributed by atoms with Crippen LogP contribution in [0.25, 0.3) is 0 Å². The van der Waals surface area contributed by atoms with Crippen LogP contribution < -0.4 is 10.6 Å². The van der Waals surface area contributed by atoms with E-state index in [1.54, 1.807) is 6.92 Å². The second kappa shape index (κ2) is 9.17. The summed E-state index contributed by atoms with van der Waals surface area (Å²) in [6, 6.07) is -0.630. The first-order valence-corrected chi connectivity index (χ1v) is 5.48. The molecule has 0 bridgehead atoms. The van der Waals surface area contributed by atoms with Crippen LogP contribution >= 0.6 is 0 Å². The largest absolute Gasteiger partial charge is 0.454 e.